The van der Waals surface area contributed by atoms with E-state index in [-0.39, 0.29) is 5.56 Å². The molecule has 2 aromatic carbocycles. The molecule has 0 aromatic heterocycles. The molecule has 0 unspecified atom stereocenters. The number of carbonyl (C=O) groups is 1. The maximum Gasteiger partial charge on any atom is 0.454 e. The first-order chi connectivity index (χ1) is 13.0. The highest BCUT2D eigenvalue weighted by atomic mass is 79.9. The standard InChI is InChI=1S/C9H5BrF6.C8H4BrF3O/c10-6-3-1-5(2-4-6)7(8(11,12)13)9(14,15)16;9-6-3-1-5(2-4-6)7(13)8(10,11)12/h1-4,7H;1-4H. The highest BCUT2D eigenvalue weighted by Gasteiger charge is 2.57. The maximum absolute atomic E-state index is 12.3. The maximum atomic E-state index is 12.3. The van der Waals surface area contributed by atoms with E-state index in [2.05, 4.69) is 31.9 Å². The predicted octanol–water partition coefficient (Wildman–Crippen LogP) is 7.85. The van der Waals surface area contributed by atoms with Gasteiger partial charge in [-0.1, -0.05) is 44.0 Å². The van der Waals surface area contributed by atoms with Gasteiger partial charge in [-0.3, -0.25) is 4.79 Å². The lowest BCUT2D eigenvalue weighted by molar-refractivity contribution is -0.253. The van der Waals surface area contributed by atoms with Crippen LogP contribution in [0.3, 0.4) is 0 Å². The molecule has 0 saturated heterocycles. The van der Waals surface area contributed by atoms with Crippen LogP contribution in [-0.2, 0) is 0 Å². The fraction of sp³-hybridized carbons (Fsp3) is 0.235. The van der Waals surface area contributed by atoms with Crippen LogP contribution in [0.5, 0.6) is 0 Å². The molecule has 0 saturated carbocycles. The first-order valence-corrected chi connectivity index (χ1v) is 8.88. The first-order valence-electron chi connectivity index (χ1n) is 7.29. The summed E-state index contributed by atoms with van der Waals surface area (Å²) in [6, 6.07) is 8.91. The molecule has 0 N–H and O–H groups in total. The molecule has 0 fully saturated rings. The summed E-state index contributed by atoms with van der Waals surface area (Å²) in [4.78, 5) is 10.6. The van der Waals surface area contributed by atoms with Crippen LogP contribution in [0.1, 0.15) is 21.8 Å². The number of halogens is 11. The van der Waals surface area contributed by atoms with Crippen LogP contribution in [0, 0.1) is 0 Å². The summed E-state index contributed by atoms with van der Waals surface area (Å²) >= 11 is 5.99. The molecular formula is C17H9Br2F9O. The van der Waals surface area contributed by atoms with Gasteiger partial charge in [0.15, 0.2) is 5.92 Å². The zero-order valence-electron chi connectivity index (χ0n) is 13.8. The third-order valence-corrected chi connectivity index (χ3v) is 4.28. The van der Waals surface area contributed by atoms with Gasteiger partial charge in [-0.2, -0.15) is 39.5 Å². The quantitative estimate of drug-likeness (QED) is 0.270. The third kappa shape index (κ3) is 8.00. The lowest BCUT2D eigenvalue weighted by Crippen LogP contribution is -2.34. The number of alkyl halides is 9. The van der Waals surface area contributed by atoms with Gasteiger partial charge in [0.05, 0.1) is 0 Å². The van der Waals surface area contributed by atoms with Gasteiger partial charge in [-0.25, -0.2) is 0 Å². The largest absolute Gasteiger partial charge is 0.454 e. The molecule has 0 amide bonds. The summed E-state index contributed by atoms with van der Waals surface area (Å²) in [7, 11) is 0. The fourth-order valence-corrected chi connectivity index (χ4v) is 2.51. The fourth-order valence-electron chi connectivity index (χ4n) is 1.98. The van der Waals surface area contributed by atoms with Crippen molar-refractivity contribution in [3.05, 3.63) is 68.6 Å². The van der Waals surface area contributed by atoms with Crippen molar-refractivity contribution in [2.24, 2.45) is 0 Å². The highest BCUT2D eigenvalue weighted by Crippen LogP contribution is 2.46. The average molecular weight is 560 g/mol. The van der Waals surface area contributed by atoms with Gasteiger partial charge >= 0.3 is 18.5 Å². The summed E-state index contributed by atoms with van der Waals surface area (Å²) < 4.78 is 110. The van der Waals surface area contributed by atoms with Gasteiger partial charge in [0, 0.05) is 14.5 Å². The van der Waals surface area contributed by atoms with Crippen LogP contribution in [0.15, 0.2) is 57.5 Å². The van der Waals surface area contributed by atoms with Gasteiger partial charge in [0.25, 0.3) is 5.78 Å². The average Bonchev–Trinajstić information content (AvgIpc) is 2.54. The summed E-state index contributed by atoms with van der Waals surface area (Å²) in [6.07, 6.45) is -15.5. The van der Waals surface area contributed by atoms with E-state index in [9.17, 15) is 44.3 Å². The van der Waals surface area contributed by atoms with Crippen molar-refractivity contribution in [2.75, 3.05) is 0 Å². The lowest BCUT2D eigenvalue weighted by atomic mass is 9.98. The zero-order chi connectivity index (χ0) is 22.6. The molecule has 160 valence electrons. The van der Waals surface area contributed by atoms with Gasteiger partial charge in [0.2, 0.25) is 0 Å². The number of carbonyl (C=O) groups excluding carboxylic acids is 1. The van der Waals surface area contributed by atoms with E-state index in [0.29, 0.717) is 8.95 Å². The van der Waals surface area contributed by atoms with E-state index < -0.39 is 35.8 Å². The van der Waals surface area contributed by atoms with Crippen molar-refractivity contribution >= 4 is 37.6 Å². The summed E-state index contributed by atoms with van der Waals surface area (Å²) in [5, 5.41) is 0. The number of ketones is 1. The second-order valence-corrected chi connectivity index (χ2v) is 7.23. The number of rotatable bonds is 2. The molecule has 0 heterocycles. The molecule has 2 aromatic rings. The normalized spacial score (nSPS) is 12.4. The van der Waals surface area contributed by atoms with Crippen molar-refractivity contribution in [3.8, 4) is 0 Å². The number of benzene rings is 2. The predicted molar refractivity (Wildman–Crippen MR) is 93.5 cm³/mol. The summed E-state index contributed by atoms with van der Waals surface area (Å²) in [5.74, 6) is -5.26. The van der Waals surface area contributed by atoms with E-state index in [1.165, 1.54) is 12.1 Å². The summed E-state index contributed by atoms with van der Waals surface area (Å²) in [6.45, 7) is 0. The number of hydrogen-bond acceptors (Lipinski definition) is 1. The van der Waals surface area contributed by atoms with Crippen LogP contribution in [0.25, 0.3) is 0 Å². The van der Waals surface area contributed by atoms with Crippen LogP contribution in [0.2, 0.25) is 0 Å². The number of Topliss-reactive ketones (excluding diaryl/α,β-unsaturated/α-hetero) is 1. The smallest absolute Gasteiger partial charge is 0.284 e. The van der Waals surface area contributed by atoms with E-state index in [0.717, 1.165) is 36.4 Å². The molecule has 1 nitrogen and oxygen atoms in total. The Morgan fingerprint density at radius 3 is 1.31 bits per heavy atom. The second-order valence-electron chi connectivity index (χ2n) is 5.40. The van der Waals surface area contributed by atoms with Gasteiger partial charge in [0.1, 0.15) is 0 Å². The van der Waals surface area contributed by atoms with Crippen LogP contribution < -0.4 is 0 Å². The molecular weight excluding hydrogens is 551 g/mol. The Kier molecular flexibility index (Phi) is 8.35. The van der Waals surface area contributed by atoms with E-state index >= 15 is 0 Å². The van der Waals surface area contributed by atoms with Crippen molar-refractivity contribution in [2.45, 2.75) is 24.4 Å². The Balaban J connectivity index is 0.000000296. The van der Waals surface area contributed by atoms with Gasteiger partial charge < -0.3 is 0 Å². The molecule has 0 bridgehead atoms. The van der Waals surface area contributed by atoms with Crippen molar-refractivity contribution in [1.82, 2.24) is 0 Å². The SMILES string of the molecule is FC(F)(F)C(c1ccc(Br)cc1)C(F)(F)F.O=C(c1ccc(Br)cc1)C(F)(F)F. The van der Waals surface area contributed by atoms with Crippen molar-refractivity contribution in [1.29, 1.82) is 0 Å². The second kappa shape index (κ2) is 9.50. The van der Waals surface area contributed by atoms with E-state index in [4.69, 9.17) is 0 Å². The molecule has 29 heavy (non-hydrogen) atoms. The van der Waals surface area contributed by atoms with Gasteiger partial charge in [-0.05, 0) is 42.0 Å². The van der Waals surface area contributed by atoms with E-state index in [1.54, 1.807) is 0 Å². The topological polar surface area (TPSA) is 17.1 Å². The summed E-state index contributed by atoms with van der Waals surface area (Å²) in [5.41, 5.74) is -1.17. The minimum Gasteiger partial charge on any atom is -0.284 e. The van der Waals surface area contributed by atoms with Gasteiger partial charge in [-0.15, -0.1) is 0 Å². The van der Waals surface area contributed by atoms with Crippen molar-refractivity contribution < 1.29 is 44.3 Å². The van der Waals surface area contributed by atoms with E-state index in [1.807, 2.05) is 0 Å². The minimum atomic E-state index is -5.34. The molecule has 0 radical (unpaired) electrons. The number of hydrogen-bond donors (Lipinski definition) is 0. The molecule has 0 aliphatic heterocycles. The molecule has 0 atom stereocenters. The third-order valence-electron chi connectivity index (χ3n) is 3.22. The Labute approximate surface area is 175 Å². The zero-order valence-corrected chi connectivity index (χ0v) is 16.9. The molecule has 0 aliphatic carbocycles. The Hall–Kier alpha value is -1.56. The van der Waals surface area contributed by atoms with Crippen molar-refractivity contribution in [3.63, 3.8) is 0 Å². The Morgan fingerprint density at radius 2 is 1.00 bits per heavy atom. The lowest BCUT2D eigenvalue weighted by Gasteiger charge is -2.23. The Bertz CT molecular complexity index is 793. The monoisotopic (exact) mass is 558 g/mol. The Morgan fingerprint density at radius 1 is 0.655 bits per heavy atom. The molecule has 0 aliphatic rings. The minimum absolute atomic E-state index is 0.351. The van der Waals surface area contributed by atoms with Crippen LogP contribution in [-0.4, -0.2) is 24.3 Å². The highest BCUT2D eigenvalue weighted by molar-refractivity contribution is 9.10. The molecule has 2 rings (SSSR count). The molecule has 12 heteroatoms. The van der Waals surface area contributed by atoms with Crippen LogP contribution >= 0.6 is 31.9 Å². The first kappa shape index (κ1) is 25.5. The molecule has 0 spiro atoms. The van der Waals surface area contributed by atoms with Crippen LogP contribution in [0.4, 0.5) is 39.5 Å².